The van der Waals surface area contributed by atoms with Crippen molar-refractivity contribution in [1.29, 1.82) is 0 Å². The van der Waals surface area contributed by atoms with Crippen LogP contribution in [0.15, 0.2) is 58.0 Å². The van der Waals surface area contributed by atoms with Gasteiger partial charge in [0.1, 0.15) is 13.2 Å². The van der Waals surface area contributed by atoms with Crippen molar-refractivity contribution in [3.63, 3.8) is 0 Å². The number of rotatable bonds is 4. The minimum absolute atomic E-state index is 0.589. The highest BCUT2D eigenvalue weighted by Crippen LogP contribution is 2.35. The molecule has 3 aromatic rings. The van der Waals surface area contributed by atoms with Gasteiger partial charge in [-0.15, -0.1) is 11.8 Å². The van der Waals surface area contributed by atoms with Crippen molar-refractivity contribution < 1.29 is 13.9 Å². The van der Waals surface area contributed by atoms with E-state index >= 15 is 0 Å². The van der Waals surface area contributed by atoms with Crippen LogP contribution >= 0.6 is 23.4 Å². The fraction of sp³-hybridized carbons (Fsp3) is 0.167. The molecule has 2 heterocycles. The second kappa shape index (κ2) is 6.79. The Balaban J connectivity index is 1.44. The molecule has 1 aliphatic rings. The van der Waals surface area contributed by atoms with Crippen molar-refractivity contribution in [3.8, 4) is 22.8 Å². The molecule has 122 valence electrons. The lowest BCUT2D eigenvalue weighted by Gasteiger charge is -2.18. The molecule has 0 saturated carbocycles. The third-order valence-corrected chi connectivity index (χ3v) is 4.79. The Kier molecular flexibility index (Phi) is 4.36. The third kappa shape index (κ3) is 3.37. The van der Waals surface area contributed by atoms with Gasteiger partial charge in [0, 0.05) is 15.5 Å². The van der Waals surface area contributed by atoms with Crippen molar-refractivity contribution in [1.82, 2.24) is 4.98 Å². The molecule has 0 atom stereocenters. The molecule has 4 nitrogen and oxygen atoms in total. The lowest BCUT2D eigenvalue weighted by molar-refractivity contribution is 0.171. The number of aromatic nitrogens is 1. The van der Waals surface area contributed by atoms with Crippen LogP contribution in [0.25, 0.3) is 11.3 Å². The highest BCUT2D eigenvalue weighted by molar-refractivity contribution is 7.98. The van der Waals surface area contributed by atoms with Crippen LogP contribution in [0.5, 0.6) is 11.5 Å². The minimum atomic E-state index is 0.589. The van der Waals surface area contributed by atoms with E-state index < -0.39 is 0 Å². The Morgan fingerprint density at radius 2 is 1.79 bits per heavy atom. The maximum atomic E-state index is 5.90. The topological polar surface area (TPSA) is 44.5 Å². The zero-order valence-electron chi connectivity index (χ0n) is 12.7. The molecule has 1 aliphatic heterocycles. The Hall–Kier alpha value is -2.11. The molecule has 4 rings (SSSR count). The van der Waals surface area contributed by atoms with Crippen molar-refractivity contribution in [2.45, 2.75) is 10.6 Å². The average Bonchev–Trinajstić information content (AvgIpc) is 3.09. The molecule has 2 aromatic carbocycles. The van der Waals surface area contributed by atoms with E-state index in [0.29, 0.717) is 29.9 Å². The van der Waals surface area contributed by atoms with Crippen molar-refractivity contribution >= 4 is 23.4 Å². The van der Waals surface area contributed by atoms with E-state index in [9.17, 15) is 0 Å². The summed E-state index contributed by atoms with van der Waals surface area (Å²) in [6.07, 6.45) is 1.74. The van der Waals surface area contributed by atoms with Crippen LogP contribution < -0.4 is 9.47 Å². The summed E-state index contributed by atoms with van der Waals surface area (Å²) in [7, 11) is 0. The summed E-state index contributed by atoms with van der Waals surface area (Å²) in [6.45, 7) is 1.19. The summed E-state index contributed by atoms with van der Waals surface area (Å²) < 4.78 is 16.9. The number of halogens is 1. The van der Waals surface area contributed by atoms with Gasteiger partial charge in [0.05, 0.1) is 11.9 Å². The molecule has 0 bridgehead atoms. The van der Waals surface area contributed by atoms with Gasteiger partial charge in [-0.05, 0) is 42.5 Å². The average molecular weight is 360 g/mol. The number of fused-ring (bicyclic) bond motifs is 1. The summed E-state index contributed by atoms with van der Waals surface area (Å²) in [5.74, 6) is 3.66. The summed E-state index contributed by atoms with van der Waals surface area (Å²) in [5, 5.41) is 0.702. The van der Waals surface area contributed by atoms with Gasteiger partial charge in [-0.1, -0.05) is 11.6 Å². The van der Waals surface area contributed by atoms with E-state index in [-0.39, 0.29) is 0 Å². The van der Waals surface area contributed by atoms with Crippen molar-refractivity contribution in [2.24, 2.45) is 0 Å². The highest BCUT2D eigenvalue weighted by Gasteiger charge is 2.13. The van der Waals surface area contributed by atoms with Crippen molar-refractivity contribution in [3.05, 3.63) is 59.6 Å². The van der Waals surface area contributed by atoms with Crippen LogP contribution in [0.3, 0.4) is 0 Å². The molecule has 1 aromatic heterocycles. The van der Waals surface area contributed by atoms with E-state index in [1.165, 1.54) is 0 Å². The van der Waals surface area contributed by atoms with Crippen LogP contribution in [0, 0.1) is 0 Å². The maximum absolute atomic E-state index is 5.90. The largest absolute Gasteiger partial charge is 0.486 e. The molecule has 0 N–H and O–H groups in total. The Bertz CT molecular complexity index is 848. The lowest BCUT2D eigenvalue weighted by atomic mass is 10.2. The third-order valence-electron chi connectivity index (χ3n) is 3.56. The normalized spacial score (nSPS) is 13.0. The lowest BCUT2D eigenvalue weighted by Crippen LogP contribution is -2.15. The standard InChI is InChI=1S/C18H14ClNO3S/c19-13-3-1-12(2-4-13)17-10-20-18(23-17)11-24-14-5-6-15-16(9-14)22-8-7-21-15/h1-6,9-10H,7-8,11H2. The molecule has 0 fully saturated rings. The number of ether oxygens (including phenoxy) is 2. The van der Waals surface area contributed by atoms with E-state index in [1.54, 1.807) is 18.0 Å². The maximum Gasteiger partial charge on any atom is 0.205 e. The first-order valence-electron chi connectivity index (χ1n) is 7.51. The molecule has 6 heteroatoms. The summed E-state index contributed by atoms with van der Waals surface area (Å²) in [6, 6.07) is 13.4. The monoisotopic (exact) mass is 359 g/mol. The Morgan fingerprint density at radius 3 is 2.62 bits per heavy atom. The van der Waals surface area contributed by atoms with E-state index in [4.69, 9.17) is 25.5 Å². The molecule has 24 heavy (non-hydrogen) atoms. The molecule has 0 radical (unpaired) electrons. The van der Waals surface area contributed by atoms with E-state index in [2.05, 4.69) is 4.98 Å². The molecular formula is C18H14ClNO3S. The highest BCUT2D eigenvalue weighted by atomic mass is 35.5. The molecule has 0 saturated heterocycles. The number of nitrogens with zero attached hydrogens (tertiary/aromatic N) is 1. The minimum Gasteiger partial charge on any atom is -0.486 e. The quantitative estimate of drug-likeness (QED) is 0.609. The zero-order chi connectivity index (χ0) is 16.4. The van der Waals surface area contributed by atoms with Gasteiger partial charge in [0.25, 0.3) is 0 Å². The molecule has 0 unspecified atom stereocenters. The second-order valence-corrected chi connectivity index (χ2v) is 6.70. The van der Waals surface area contributed by atoms with Gasteiger partial charge < -0.3 is 13.9 Å². The number of hydrogen-bond donors (Lipinski definition) is 0. The Labute approximate surface area is 148 Å². The molecule has 0 aliphatic carbocycles. The number of hydrogen-bond acceptors (Lipinski definition) is 5. The van der Waals surface area contributed by atoms with Gasteiger partial charge in [0.2, 0.25) is 5.89 Å². The predicted octanol–water partition coefficient (Wildman–Crippen LogP) is 5.06. The van der Waals surface area contributed by atoms with Gasteiger partial charge in [0.15, 0.2) is 17.3 Å². The zero-order valence-corrected chi connectivity index (χ0v) is 14.3. The van der Waals surface area contributed by atoms with Gasteiger partial charge in [-0.25, -0.2) is 4.98 Å². The van der Waals surface area contributed by atoms with Crippen LogP contribution in [0.4, 0.5) is 0 Å². The van der Waals surface area contributed by atoms with Gasteiger partial charge in [-0.2, -0.15) is 0 Å². The number of benzene rings is 2. The number of thioether (sulfide) groups is 1. The molecular weight excluding hydrogens is 346 g/mol. The predicted molar refractivity (Wildman–Crippen MR) is 93.9 cm³/mol. The Morgan fingerprint density at radius 1 is 1.00 bits per heavy atom. The first kappa shape index (κ1) is 15.4. The van der Waals surface area contributed by atoms with E-state index in [0.717, 1.165) is 27.7 Å². The van der Waals surface area contributed by atoms with Crippen LogP contribution in [-0.2, 0) is 5.75 Å². The molecule has 0 amide bonds. The number of oxazole rings is 1. The fourth-order valence-electron chi connectivity index (χ4n) is 2.38. The van der Waals surface area contributed by atoms with Crippen molar-refractivity contribution in [2.75, 3.05) is 13.2 Å². The van der Waals surface area contributed by atoms with Gasteiger partial charge >= 0.3 is 0 Å². The molecule has 0 spiro atoms. The first-order chi connectivity index (χ1) is 11.8. The van der Waals surface area contributed by atoms with Crippen LogP contribution in [0.1, 0.15) is 5.89 Å². The summed E-state index contributed by atoms with van der Waals surface area (Å²) in [5.41, 5.74) is 0.961. The fourth-order valence-corrected chi connectivity index (χ4v) is 3.29. The second-order valence-electron chi connectivity index (χ2n) is 5.22. The summed E-state index contributed by atoms with van der Waals surface area (Å²) in [4.78, 5) is 5.43. The SMILES string of the molecule is Clc1ccc(-c2cnc(CSc3ccc4c(c3)OCCO4)o2)cc1. The van der Waals surface area contributed by atoms with E-state index in [1.807, 2.05) is 42.5 Å². The van der Waals surface area contributed by atoms with Crippen LogP contribution in [-0.4, -0.2) is 18.2 Å². The first-order valence-corrected chi connectivity index (χ1v) is 8.87. The summed E-state index contributed by atoms with van der Waals surface area (Å²) >= 11 is 7.55. The smallest absolute Gasteiger partial charge is 0.205 e. The van der Waals surface area contributed by atoms with Crippen LogP contribution in [0.2, 0.25) is 5.02 Å². The van der Waals surface area contributed by atoms with Gasteiger partial charge in [-0.3, -0.25) is 0 Å².